The van der Waals surface area contributed by atoms with E-state index in [0.29, 0.717) is 22.8 Å². The molecule has 1 aliphatic rings. The van der Waals surface area contributed by atoms with Crippen LogP contribution in [0.1, 0.15) is 16.0 Å². The summed E-state index contributed by atoms with van der Waals surface area (Å²) in [6.07, 6.45) is 0. The number of amides is 2. The lowest BCUT2D eigenvalue weighted by Crippen LogP contribution is -2.32. The monoisotopic (exact) mass is 434 g/mol. The fraction of sp³-hybridized carbons (Fsp3) is 0.167. The van der Waals surface area contributed by atoms with Crippen LogP contribution < -0.4 is 19.7 Å². The summed E-state index contributed by atoms with van der Waals surface area (Å²) in [5.41, 5.74) is 3.87. The standard InChI is InChI=1S/C24H22N2O4S/c1-14-8-15(2)10-16(9-14)25-22-21(20-6-5-7-31-20)23(27)26(24(22)28)17-11-18(29-3)13-19(12-17)30-4/h5-13,25H,1-4H3. The molecule has 158 valence electrons. The van der Waals surface area contributed by atoms with E-state index in [4.69, 9.17) is 9.47 Å². The van der Waals surface area contributed by atoms with Gasteiger partial charge < -0.3 is 14.8 Å². The molecule has 0 unspecified atom stereocenters. The van der Waals surface area contributed by atoms with E-state index >= 15 is 0 Å². The van der Waals surface area contributed by atoms with Gasteiger partial charge in [0, 0.05) is 28.8 Å². The van der Waals surface area contributed by atoms with Gasteiger partial charge in [0.2, 0.25) is 0 Å². The number of rotatable bonds is 6. The van der Waals surface area contributed by atoms with Crippen molar-refractivity contribution in [3.05, 3.63) is 75.6 Å². The van der Waals surface area contributed by atoms with Gasteiger partial charge >= 0.3 is 0 Å². The Balaban J connectivity index is 1.82. The van der Waals surface area contributed by atoms with Gasteiger partial charge in [0.25, 0.3) is 11.8 Å². The molecule has 0 aliphatic carbocycles. The van der Waals surface area contributed by atoms with E-state index in [1.807, 2.05) is 43.5 Å². The molecule has 0 fully saturated rings. The zero-order valence-corrected chi connectivity index (χ0v) is 18.5. The summed E-state index contributed by atoms with van der Waals surface area (Å²) >= 11 is 1.41. The molecule has 0 saturated carbocycles. The molecule has 6 nitrogen and oxygen atoms in total. The van der Waals surface area contributed by atoms with Gasteiger partial charge in [-0.2, -0.15) is 0 Å². The largest absolute Gasteiger partial charge is 0.497 e. The second kappa shape index (κ2) is 8.28. The third kappa shape index (κ3) is 3.92. The van der Waals surface area contributed by atoms with Crippen LogP contribution in [-0.2, 0) is 9.59 Å². The van der Waals surface area contributed by atoms with Crippen LogP contribution >= 0.6 is 11.3 Å². The first-order valence-electron chi connectivity index (χ1n) is 9.66. The molecule has 3 aromatic rings. The third-order valence-corrected chi connectivity index (χ3v) is 5.82. The number of carbonyl (C=O) groups excluding carboxylic acids is 2. The van der Waals surface area contributed by atoms with Crippen molar-refractivity contribution in [3.63, 3.8) is 0 Å². The highest BCUT2D eigenvalue weighted by Crippen LogP contribution is 2.38. The van der Waals surface area contributed by atoms with Gasteiger partial charge in [0.05, 0.1) is 25.5 Å². The van der Waals surface area contributed by atoms with Crippen molar-refractivity contribution in [2.24, 2.45) is 0 Å². The Morgan fingerprint density at radius 2 is 1.52 bits per heavy atom. The van der Waals surface area contributed by atoms with Crippen LogP contribution in [0.3, 0.4) is 0 Å². The molecular formula is C24H22N2O4S. The molecular weight excluding hydrogens is 412 g/mol. The maximum absolute atomic E-state index is 13.5. The number of thiophene rings is 1. The molecule has 0 bridgehead atoms. The summed E-state index contributed by atoms with van der Waals surface area (Å²) in [7, 11) is 3.04. The van der Waals surface area contributed by atoms with Gasteiger partial charge in [-0.15, -0.1) is 11.3 Å². The predicted octanol–water partition coefficient (Wildman–Crippen LogP) is 4.78. The van der Waals surface area contributed by atoms with Crippen LogP contribution in [0, 0.1) is 13.8 Å². The normalized spacial score (nSPS) is 13.7. The van der Waals surface area contributed by atoms with E-state index < -0.39 is 11.8 Å². The van der Waals surface area contributed by atoms with Crippen molar-refractivity contribution in [2.75, 3.05) is 24.4 Å². The van der Waals surface area contributed by atoms with E-state index in [9.17, 15) is 9.59 Å². The lowest BCUT2D eigenvalue weighted by molar-refractivity contribution is -0.120. The Kier molecular flexibility index (Phi) is 5.52. The van der Waals surface area contributed by atoms with Gasteiger partial charge in [0.1, 0.15) is 17.2 Å². The molecule has 1 N–H and O–H groups in total. The Labute approximate surface area is 184 Å². The topological polar surface area (TPSA) is 67.9 Å². The van der Waals surface area contributed by atoms with Crippen molar-refractivity contribution in [2.45, 2.75) is 13.8 Å². The Morgan fingerprint density at radius 1 is 0.871 bits per heavy atom. The molecule has 0 spiro atoms. The quantitative estimate of drug-likeness (QED) is 0.566. The van der Waals surface area contributed by atoms with Gasteiger partial charge in [0.15, 0.2) is 0 Å². The molecule has 7 heteroatoms. The molecule has 31 heavy (non-hydrogen) atoms. The fourth-order valence-electron chi connectivity index (χ4n) is 3.64. The van der Waals surface area contributed by atoms with E-state index in [1.54, 1.807) is 18.2 Å². The fourth-order valence-corrected chi connectivity index (χ4v) is 4.41. The maximum Gasteiger partial charge on any atom is 0.282 e. The van der Waals surface area contributed by atoms with Crippen molar-refractivity contribution in [1.82, 2.24) is 0 Å². The lowest BCUT2D eigenvalue weighted by Gasteiger charge is -2.17. The number of carbonyl (C=O) groups is 2. The molecule has 0 saturated heterocycles. The molecule has 0 radical (unpaired) electrons. The van der Waals surface area contributed by atoms with Crippen LogP contribution in [0.4, 0.5) is 11.4 Å². The Bertz CT molecular complexity index is 1160. The second-order valence-electron chi connectivity index (χ2n) is 7.25. The van der Waals surface area contributed by atoms with Gasteiger partial charge in [-0.3, -0.25) is 9.59 Å². The molecule has 1 aliphatic heterocycles. The van der Waals surface area contributed by atoms with E-state index in [0.717, 1.165) is 26.6 Å². The first-order chi connectivity index (χ1) is 14.9. The van der Waals surface area contributed by atoms with Crippen LogP contribution in [0.2, 0.25) is 0 Å². The molecule has 1 aromatic heterocycles. The number of imide groups is 1. The third-order valence-electron chi connectivity index (χ3n) is 4.94. The average Bonchev–Trinajstić information content (AvgIpc) is 3.33. The predicted molar refractivity (Wildman–Crippen MR) is 123 cm³/mol. The summed E-state index contributed by atoms with van der Waals surface area (Å²) in [5, 5.41) is 5.09. The smallest absolute Gasteiger partial charge is 0.282 e. The summed E-state index contributed by atoms with van der Waals surface area (Å²) in [6.45, 7) is 3.98. The minimum absolute atomic E-state index is 0.249. The number of benzene rings is 2. The first kappa shape index (κ1) is 20.7. The van der Waals surface area contributed by atoms with Crippen molar-refractivity contribution in [3.8, 4) is 11.5 Å². The SMILES string of the molecule is COc1cc(OC)cc(N2C(=O)C(Nc3cc(C)cc(C)c3)=C(c3cccs3)C2=O)c1. The number of nitrogens with one attached hydrogen (secondary N) is 1. The van der Waals surface area contributed by atoms with E-state index in [1.165, 1.54) is 25.6 Å². The molecule has 0 atom stereocenters. The Morgan fingerprint density at radius 3 is 2.06 bits per heavy atom. The van der Waals surface area contributed by atoms with Crippen molar-refractivity contribution in [1.29, 1.82) is 0 Å². The van der Waals surface area contributed by atoms with Crippen LogP contribution in [0.5, 0.6) is 11.5 Å². The minimum Gasteiger partial charge on any atom is -0.497 e. The van der Waals surface area contributed by atoms with Crippen molar-refractivity contribution < 1.29 is 19.1 Å². The van der Waals surface area contributed by atoms with Crippen LogP contribution in [-0.4, -0.2) is 26.0 Å². The molecule has 2 aromatic carbocycles. The van der Waals surface area contributed by atoms with Crippen LogP contribution in [0.25, 0.3) is 5.57 Å². The number of hydrogen-bond donors (Lipinski definition) is 1. The highest BCUT2D eigenvalue weighted by molar-refractivity contribution is 7.11. The molecule has 2 amide bonds. The highest BCUT2D eigenvalue weighted by atomic mass is 32.1. The van der Waals surface area contributed by atoms with E-state index in [-0.39, 0.29) is 5.70 Å². The maximum atomic E-state index is 13.5. The van der Waals surface area contributed by atoms with Gasteiger partial charge in [-0.1, -0.05) is 12.1 Å². The number of nitrogens with zero attached hydrogens (tertiary/aromatic N) is 1. The summed E-state index contributed by atoms with van der Waals surface area (Å²) in [5.74, 6) is 0.157. The number of methoxy groups -OCH3 is 2. The zero-order chi connectivity index (χ0) is 22.1. The van der Waals surface area contributed by atoms with Crippen molar-refractivity contribution >= 4 is 40.1 Å². The first-order valence-corrected chi connectivity index (χ1v) is 10.5. The Hall–Kier alpha value is -3.58. The summed E-state index contributed by atoms with van der Waals surface area (Å²) in [4.78, 5) is 28.9. The van der Waals surface area contributed by atoms with E-state index in [2.05, 4.69) is 11.4 Å². The average molecular weight is 435 g/mol. The van der Waals surface area contributed by atoms with Gasteiger partial charge in [-0.25, -0.2) is 4.90 Å². The number of anilines is 2. The second-order valence-corrected chi connectivity index (χ2v) is 8.19. The number of hydrogen-bond acceptors (Lipinski definition) is 6. The molecule has 2 heterocycles. The summed E-state index contributed by atoms with van der Waals surface area (Å²) in [6, 6.07) is 14.6. The highest BCUT2D eigenvalue weighted by Gasteiger charge is 2.41. The number of aryl methyl sites for hydroxylation is 2. The van der Waals surface area contributed by atoms with Crippen LogP contribution in [0.15, 0.2) is 59.6 Å². The van der Waals surface area contributed by atoms with Gasteiger partial charge in [-0.05, 0) is 48.6 Å². The minimum atomic E-state index is -0.428. The molecule has 4 rings (SSSR count). The summed E-state index contributed by atoms with van der Waals surface area (Å²) < 4.78 is 10.6. The number of ether oxygens (including phenoxy) is 2. The lowest BCUT2D eigenvalue weighted by atomic mass is 10.1. The zero-order valence-electron chi connectivity index (χ0n) is 17.7.